The van der Waals surface area contributed by atoms with Crippen molar-refractivity contribution in [2.45, 2.75) is 71.3 Å². The molecule has 0 unspecified atom stereocenters. The van der Waals surface area contributed by atoms with E-state index in [0.717, 1.165) is 43.3 Å². The monoisotopic (exact) mass is 406 g/mol. The first kappa shape index (κ1) is 20.0. The first-order valence-electron chi connectivity index (χ1n) is 11.7. The molecule has 3 saturated carbocycles. The molecule has 4 aliphatic carbocycles. The van der Waals surface area contributed by atoms with Crippen LogP contribution in [0.1, 0.15) is 71.0 Å². The smallest absolute Gasteiger partial charge is 0.126 e. The van der Waals surface area contributed by atoms with Crippen LogP contribution in [0.4, 0.5) is 0 Å². The summed E-state index contributed by atoms with van der Waals surface area (Å²) in [5.74, 6) is 3.06. The van der Waals surface area contributed by atoms with E-state index in [-0.39, 0.29) is 11.5 Å². The molecule has 5 rings (SSSR count). The van der Waals surface area contributed by atoms with E-state index in [1.54, 1.807) is 18.1 Å². The van der Waals surface area contributed by atoms with Crippen LogP contribution in [0.5, 0.6) is 0 Å². The fourth-order valence-electron chi connectivity index (χ4n) is 7.26. The number of aliphatic hydroxyl groups excluding tert-OH is 1. The van der Waals surface area contributed by atoms with Crippen LogP contribution in [-0.2, 0) is 0 Å². The highest BCUT2D eigenvalue weighted by Crippen LogP contribution is 2.64. The SMILES string of the molecule is C[C@]12CC[C@H](O)CC1=CC[C@@H]1[C@@H]2CC[C@]2(C)\C(=N/N=C\C=C\c3ccco3)CC[C@@H]12. The lowest BCUT2D eigenvalue weighted by molar-refractivity contribution is -0.0209. The molecule has 0 amide bonds. The number of rotatable bonds is 3. The van der Waals surface area contributed by atoms with Gasteiger partial charge in [0, 0.05) is 17.3 Å². The Hall–Kier alpha value is -1.94. The summed E-state index contributed by atoms with van der Waals surface area (Å²) < 4.78 is 5.30. The lowest BCUT2D eigenvalue weighted by Gasteiger charge is -2.57. The molecule has 0 bridgehead atoms. The molecule has 4 heteroatoms. The number of aliphatic hydroxyl groups is 1. The van der Waals surface area contributed by atoms with Crippen molar-refractivity contribution in [3.63, 3.8) is 0 Å². The molecule has 4 aliphatic rings. The molecule has 0 aliphatic heterocycles. The third-order valence-corrected chi connectivity index (χ3v) is 8.95. The van der Waals surface area contributed by atoms with Gasteiger partial charge in [0.1, 0.15) is 5.76 Å². The van der Waals surface area contributed by atoms with Crippen LogP contribution in [0.15, 0.2) is 50.7 Å². The Kier molecular flexibility index (Phi) is 5.09. The van der Waals surface area contributed by atoms with Gasteiger partial charge in [0.2, 0.25) is 0 Å². The van der Waals surface area contributed by atoms with E-state index in [9.17, 15) is 5.11 Å². The van der Waals surface area contributed by atoms with Crippen molar-refractivity contribution in [3.05, 3.63) is 41.9 Å². The molecular formula is C26H34N2O2. The van der Waals surface area contributed by atoms with Crippen LogP contribution in [0.2, 0.25) is 0 Å². The third kappa shape index (κ3) is 3.24. The first-order valence-corrected chi connectivity index (χ1v) is 11.7. The molecule has 0 radical (unpaired) electrons. The van der Waals surface area contributed by atoms with Crippen LogP contribution in [0.25, 0.3) is 6.08 Å². The van der Waals surface area contributed by atoms with Crippen molar-refractivity contribution in [1.82, 2.24) is 0 Å². The van der Waals surface area contributed by atoms with E-state index in [1.165, 1.54) is 31.4 Å². The van der Waals surface area contributed by atoms with E-state index in [0.29, 0.717) is 11.3 Å². The number of fused-ring (bicyclic) bond motifs is 5. The molecule has 1 aromatic rings. The molecule has 0 aromatic carbocycles. The fourth-order valence-corrected chi connectivity index (χ4v) is 7.26. The predicted molar refractivity (Wildman–Crippen MR) is 121 cm³/mol. The molecule has 1 N–H and O–H groups in total. The number of hydrogen-bond acceptors (Lipinski definition) is 4. The predicted octanol–water partition coefficient (Wildman–Crippen LogP) is 6.04. The fraction of sp³-hybridized carbons (Fsp3) is 0.615. The Balaban J connectivity index is 1.33. The zero-order valence-corrected chi connectivity index (χ0v) is 18.3. The van der Waals surface area contributed by atoms with Gasteiger partial charge in [-0.2, -0.15) is 10.2 Å². The summed E-state index contributed by atoms with van der Waals surface area (Å²) in [6.45, 7) is 4.93. The zero-order chi connectivity index (χ0) is 20.8. The summed E-state index contributed by atoms with van der Waals surface area (Å²) in [5, 5.41) is 19.3. The molecule has 30 heavy (non-hydrogen) atoms. The van der Waals surface area contributed by atoms with Gasteiger partial charge in [-0.25, -0.2) is 0 Å². The molecule has 6 atom stereocenters. The maximum atomic E-state index is 10.2. The van der Waals surface area contributed by atoms with Crippen molar-refractivity contribution in [3.8, 4) is 0 Å². The number of nitrogens with zero attached hydrogens (tertiary/aromatic N) is 2. The summed E-state index contributed by atoms with van der Waals surface area (Å²) in [7, 11) is 0. The topological polar surface area (TPSA) is 58.1 Å². The van der Waals surface area contributed by atoms with Crippen LogP contribution in [0.3, 0.4) is 0 Å². The van der Waals surface area contributed by atoms with Gasteiger partial charge in [-0.1, -0.05) is 25.5 Å². The summed E-state index contributed by atoms with van der Waals surface area (Å²) in [6, 6.07) is 3.81. The zero-order valence-electron chi connectivity index (χ0n) is 18.3. The van der Waals surface area contributed by atoms with Crippen molar-refractivity contribution in [1.29, 1.82) is 0 Å². The summed E-state index contributed by atoms with van der Waals surface area (Å²) in [5.41, 5.74) is 3.34. The van der Waals surface area contributed by atoms with E-state index >= 15 is 0 Å². The van der Waals surface area contributed by atoms with Crippen LogP contribution in [0, 0.1) is 28.6 Å². The number of allylic oxidation sites excluding steroid dienone is 2. The van der Waals surface area contributed by atoms with Gasteiger partial charge in [-0.3, -0.25) is 0 Å². The molecule has 1 aromatic heterocycles. The molecule has 160 valence electrons. The van der Waals surface area contributed by atoms with Gasteiger partial charge < -0.3 is 9.52 Å². The van der Waals surface area contributed by atoms with E-state index in [4.69, 9.17) is 9.52 Å². The van der Waals surface area contributed by atoms with Crippen molar-refractivity contribution in [2.75, 3.05) is 0 Å². The maximum absolute atomic E-state index is 10.2. The quantitative estimate of drug-likeness (QED) is 0.378. The molecular weight excluding hydrogens is 372 g/mol. The van der Waals surface area contributed by atoms with Crippen LogP contribution < -0.4 is 0 Å². The minimum absolute atomic E-state index is 0.125. The highest BCUT2D eigenvalue weighted by molar-refractivity contribution is 5.93. The normalized spacial score (nSPS) is 42.4. The molecule has 0 saturated heterocycles. The number of hydrogen-bond donors (Lipinski definition) is 1. The Morgan fingerprint density at radius 1 is 1.13 bits per heavy atom. The Morgan fingerprint density at radius 3 is 2.80 bits per heavy atom. The largest absolute Gasteiger partial charge is 0.465 e. The van der Waals surface area contributed by atoms with Crippen molar-refractivity contribution in [2.24, 2.45) is 38.8 Å². The summed E-state index contributed by atoms with van der Waals surface area (Å²) >= 11 is 0. The highest BCUT2D eigenvalue weighted by Gasteiger charge is 2.57. The second-order valence-electron chi connectivity index (χ2n) is 10.3. The van der Waals surface area contributed by atoms with Crippen LogP contribution >= 0.6 is 0 Å². The first-order chi connectivity index (χ1) is 14.5. The molecule has 4 nitrogen and oxygen atoms in total. The van der Waals surface area contributed by atoms with Crippen LogP contribution in [-0.4, -0.2) is 23.1 Å². The second-order valence-corrected chi connectivity index (χ2v) is 10.3. The lowest BCUT2D eigenvalue weighted by atomic mass is 9.48. The van der Waals surface area contributed by atoms with Gasteiger partial charge >= 0.3 is 0 Å². The van der Waals surface area contributed by atoms with E-state index in [2.05, 4.69) is 25.0 Å². The standard InChI is InChI=1S/C26H34N2O2/c1-25-13-11-19(29)17-18(25)7-8-21-22-9-10-24(26(22,2)14-12-23(21)25)28-27-15-3-5-20-6-4-16-30-20/h3-7,15-16,19,21-23,29H,8-14,17H2,1-2H3/b5-3+,27-15-,28-24-/t19-,21-,22-,23-,25-,26-/m0/s1. The average molecular weight is 407 g/mol. The molecule has 0 spiro atoms. The van der Waals surface area contributed by atoms with Gasteiger partial charge in [0.05, 0.1) is 12.4 Å². The average Bonchev–Trinajstić information content (AvgIpc) is 3.36. The third-order valence-electron chi connectivity index (χ3n) is 8.95. The Morgan fingerprint density at radius 2 is 1.97 bits per heavy atom. The molecule has 3 fully saturated rings. The summed E-state index contributed by atoms with van der Waals surface area (Å²) in [4.78, 5) is 0. The van der Waals surface area contributed by atoms with Gasteiger partial charge in [0.15, 0.2) is 0 Å². The minimum Gasteiger partial charge on any atom is -0.465 e. The lowest BCUT2D eigenvalue weighted by Crippen LogP contribution is -2.50. The molecule has 1 heterocycles. The Labute approximate surface area is 179 Å². The van der Waals surface area contributed by atoms with Crippen molar-refractivity contribution < 1.29 is 9.52 Å². The maximum Gasteiger partial charge on any atom is 0.126 e. The van der Waals surface area contributed by atoms with Crippen molar-refractivity contribution >= 4 is 18.0 Å². The number of furan rings is 1. The van der Waals surface area contributed by atoms with Gasteiger partial charge in [-0.05, 0) is 98.8 Å². The van der Waals surface area contributed by atoms with E-state index in [1.807, 2.05) is 24.3 Å². The minimum atomic E-state index is -0.125. The second kappa shape index (κ2) is 7.64. The highest BCUT2D eigenvalue weighted by atomic mass is 16.3. The Bertz CT molecular complexity index is 896. The van der Waals surface area contributed by atoms with Gasteiger partial charge in [-0.15, -0.1) is 0 Å². The van der Waals surface area contributed by atoms with E-state index < -0.39 is 0 Å². The summed E-state index contributed by atoms with van der Waals surface area (Å²) in [6.07, 6.45) is 18.6. The van der Waals surface area contributed by atoms with Gasteiger partial charge in [0.25, 0.3) is 0 Å².